The summed E-state index contributed by atoms with van der Waals surface area (Å²) in [5.74, 6) is 0.582. The molecule has 2 aromatic rings. The van der Waals surface area contributed by atoms with Crippen LogP contribution in [0.25, 0.3) is 0 Å². The molecule has 2 aromatic carbocycles. The first-order valence-electron chi connectivity index (χ1n) is 8.01. The van der Waals surface area contributed by atoms with Gasteiger partial charge in [-0.1, -0.05) is 49.7 Å². The van der Waals surface area contributed by atoms with Crippen LogP contribution in [0.4, 0.5) is 11.4 Å². The van der Waals surface area contributed by atoms with Crippen molar-refractivity contribution in [3.05, 3.63) is 60.2 Å². The van der Waals surface area contributed by atoms with Crippen molar-refractivity contribution in [2.45, 2.75) is 25.7 Å². The fourth-order valence-electron chi connectivity index (χ4n) is 3.10. The van der Waals surface area contributed by atoms with Crippen LogP contribution < -0.4 is 10.2 Å². The third-order valence-electron chi connectivity index (χ3n) is 4.28. The second kappa shape index (κ2) is 6.66. The highest BCUT2D eigenvalue weighted by atomic mass is 15.1. The van der Waals surface area contributed by atoms with Gasteiger partial charge in [-0.05, 0) is 30.2 Å². The molecule has 0 fully saturated rings. The zero-order valence-electron chi connectivity index (χ0n) is 12.8. The van der Waals surface area contributed by atoms with Crippen LogP contribution in [0.15, 0.2) is 54.6 Å². The number of benzene rings is 2. The van der Waals surface area contributed by atoms with Crippen molar-refractivity contribution in [1.82, 2.24) is 0 Å². The van der Waals surface area contributed by atoms with Crippen LogP contribution in [0.5, 0.6) is 0 Å². The molecule has 1 atom stereocenters. The number of anilines is 2. The highest BCUT2D eigenvalue weighted by molar-refractivity contribution is 5.58. The van der Waals surface area contributed by atoms with Gasteiger partial charge in [0.1, 0.15) is 0 Å². The van der Waals surface area contributed by atoms with Crippen molar-refractivity contribution >= 4 is 11.4 Å². The zero-order chi connectivity index (χ0) is 14.5. The first-order chi connectivity index (χ1) is 10.4. The zero-order valence-corrected chi connectivity index (χ0v) is 12.8. The van der Waals surface area contributed by atoms with Gasteiger partial charge in [0, 0.05) is 36.9 Å². The predicted molar refractivity (Wildman–Crippen MR) is 91.2 cm³/mol. The Hall–Kier alpha value is -1.96. The highest BCUT2D eigenvalue weighted by Crippen LogP contribution is 2.32. The largest absolute Gasteiger partial charge is 0.384 e. The van der Waals surface area contributed by atoms with E-state index in [1.807, 2.05) is 0 Å². The Morgan fingerprint density at radius 3 is 2.62 bits per heavy atom. The molecule has 3 rings (SSSR count). The molecular formula is C19H24N2. The van der Waals surface area contributed by atoms with Crippen LogP contribution >= 0.6 is 0 Å². The molecule has 1 unspecified atom stereocenters. The number of hydrogen-bond acceptors (Lipinski definition) is 2. The summed E-state index contributed by atoms with van der Waals surface area (Å²) in [6, 6.07) is 19.5. The van der Waals surface area contributed by atoms with Gasteiger partial charge in [0.2, 0.25) is 0 Å². The summed E-state index contributed by atoms with van der Waals surface area (Å²) >= 11 is 0. The summed E-state index contributed by atoms with van der Waals surface area (Å²) in [6.07, 6.45) is 2.49. The third kappa shape index (κ3) is 3.21. The van der Waals surface area contributed by atoms with Gasteiger partial charge in [-0.15, -0.1) is 0 Å². The third-order valence-corrected chi connectivity index (χ3v) is 4.28. The SMILES string of the molecule is CCCCN(CC1CNc2ccccc21)c1ccccc1. The van der Waals surface area contributed by atoms with Crippen molar-refractivity contribution < 1.29 is 0 Å². The second-order valence-electron chi connectivity index (χ2n) is 5.80. The molecule has 0 amide bonds. The Bertz CT molecular complexity index is 565. The van der Waals surface area contributed by atoms with Gasteiger partial charge >= 0.3 is 0 Å². The number of rotatable bonds is 6. The van der Waals surface area contributed by atoms with E-state index in [4.69, 9.17) is 0 Å². The van der Waals surface area contributed by atoms with Crippen LogP contribution in [0.2, 0.25) is 0 Å². The molecule has 2 nitrogen and oxygen atoms in total. The molecule has 1 N–H and O–H groups in total. The summed E-state index contributed by atoms with van der Waals surface area (Å²) in [5, 5.41) is 3.54. The highest BCUT2D eigenvalue weighted by Gasteiger charge is 2.23. The number of nitrogens with zero attached hydrogens (tertiary/aromatic N) is 1. The van der Waals surface area contributed by atoms with Gasteiger partial charge in [0.25, 0.3) is 0 Å². The molecule has 0 aromatic heterocycles. The summed E-state index contributed by atoms with van der Waals surface area (Å²) < 4.78 is 0. The Morgan fingerprint density at radius 2 is 1.81 bits per heavy atom. The fourth-order valence-corrected chi connectivity index (χ4v) is 3.10. The lowest BCUT2D eigenvalue weighted by Gasteiger charge is -2.28. The predicted octanol–water partition coefficient (Wildman–Crippen LogP) is 4.50. The van der Waals surface area contributed by atoms with Gasteiger partial charge in [0.05, 0.1) is 0 Å². The van der Waals surface area contributed by atoms with Crippen LogP contribution in [0.3, 0.4) is 0 Å². The number of nitrogens with one attached hydrogen (secondary N) is 1. The molecule has 21 heavy (non-hydrogen) atoms. The van der Waals surface area contributed by atoms with Gasteiger partial charge < -0.3 is 10.2 Å². The number of para-hydroxylation sites is 2. The smallest absolute Gasteiger partial charge is 0.0377 e. The minimum absolute atomic E-state index is 0.582. The normalized spacial score (nSPS) is 16.3. The second-order valence-corrected chi connectivity index (χ2v) is 5.80. The van der Waals surface area contributed by atoms with E-state index in [1.54, 1.807) is 0 Å². The van der Waals surface area contributed by atoms with Crippen molar-refractivity contribution in [3.8, 4) is 0 Å². The monoisotopic (exact) mass is 280 g/mol. The van der Waals surface area contributed by atoms with Crippen LogP contribution in [-0.2, 0) is 0 Å². The van der Waals surface area contributed by atoms with E-state index in [0.717, 1.165) is 19.6 Å². The maximum atomic E-state index is 3.54. The molecule has 0 aliphatic carbocycles. The standard InChI is InChI=1S/C19H24N2/c1-2-3-13-21(17-9-5-4-6-10-17)15-16-14-20-19-12-8-7-11-18(16)19/h4-12,16,20H,2-3,13-15H2,1H3. The molecule has 0 saturated carbocycles. The lowest BCUT2D eigenvalue weighted by atomic mass is 10.0. The lowest BCUT2D eigenvalue weighted by molar-refractivity contribution is 0.655. The van der Waals surface area contributed by atoms with Gasteiger partial charge in [-0.25, -0.2) is 0 Å². The number of unbranched alkanes of at least 4 members (excludes halogenated alkanes) is 1. The van der Waals surface area contributed by atoms with Gasteiger partial charge in [-0.3, -0.25) is 0 Å². The molecule has 110 valence electrons. The maximum absolute atomic E-state index is 3.54. The molecule has 0 radical (unpaired) electrons. The van der Waals surface area contributed by atoms with Crippen molar-refractivity contribution in [1.29, 1.82) is 0 Å². The van der Waals surface area contributed by atoms with Gasteiger partial charge in [-0.2, -0.15) is 0 Å². The van der Waals surface area contributed by atoms with Crippen LogP contribution in [-0.4, -0.2) is 19.6 Å². The average molecular weight is 280 g/mol. The molecule has 0 spiro atoms. The molecule has 1 heterocycles. The van der Waals surface area contributed by atoms with E-state index >= 15 is 0 Å². The Labute approximate surface area is 127 Å². The Kier molecular flexibility index (Phi) is 4.44. The van der Waals surface area contributed by atoms with E-state index in [9.17, 15) is 0 Å². The van der Waals surface area contributed by atoms with E-state index < -0.39 is 0 Å². The topological polar surface area (TPSA) is 15.3 Å². The molecule has 1 aliphatic heterocycles. The summed E-state index contributed by atoms with van der Waals surface area (Å²) in [5.41, 5.74) is 4.12. The Morgan fingerprint density at radius 1 is 1.05 bits per heavy atom. The molecule has 0 bridgehead atoms. The number of hydrogen-bond donors (Lipinski definition) is 1. The van der Waals surface area contributed by atoms with Crippen LogP contribution in [0, 0.1) is 0 Å². The maximum Gasteiger partial charge on any atom is 0.0377 e. The first-order valence-corrected chi connectivity index (χ1v) is 8.01. The van der Waals surface area contributed by atoms with E-state index in [2.05, 4.69) is 71.7 Å². The minimum Gasteiger partial charge on any atom is -0.384 e. The number of fused-ring (bicyclic) bond motifs is 1. The summed E-state index contributed by atoms with van der Waals surface area (Å²) in [6.45, 7) is 5.54. The average Bonchev–Trinajstić information content (AvgIpc) is 2.95. The van der Waals surface area contributed by atoms with Crippen molar-refractivity contribution in [2.75, 3.05) is 29.9 Å². The quantitative estimate of drug-likeness (QED) is 0.838. The summed E-state index contributed by atoms with van der Waals surface area (Å²) in [4.78, 5) is 2.54. The van der Waals surface area contributed by atoms with Crippen molar-refractivity contribution in [2.24, 2.45) is 0 Å². The van der Waals surface area contributed by atoms with E-state index in [1.165, 1.54) is 29.8 Å². The lowest BCUT2D eigenvalue weighted by Crippen LogP contribution is -2.30. The van der Waals surface area contributed by atoms with Gasteiger partial charge in [0.15, 0.2) is 0 Å². The van der Waals surface area contributed by atoms with Crippen molar-refractivity contribution in [3.63, 3.8) is 0 Å². The molecular weight excluding hydrogens is 256 g/mol. The first kappa shape index (κ1) is 14.0. The minimum atomic E-state index is 0.582. The van der Waals surface area contributed by atoms with Crippen LogP contribution in [0.1, 0.15) is 31.2 Å². The van der Waals surface area contributed by atoms with E-state index in [0.29, 0.717) is 5.92 Å². The molecule has 1 aliphatic rings. The molecule has 2 heteroatoms. The Balaban J connectivity index is 1.76. The van der Waals surface area contributed by atoms with E-state index in [-0.39, 0.29) is 0 Å². The fraction of sp³-hybridized carbons (Fsp3) is 0.368. The summed E-state index contributed by atoms with van der Waals surface area (Å²) in [7, 11) is 0. The molecule has 0 saturated heterocycles.